The van der Waals surface area contributed by atoms with Gasteiger partial charge in [0.15, 0.2) is 10.8 Å². The van der Waals surface area contributed by atoms with Crippen molar-refractivity contribution >= 4 is 29.1 Å². The summed E-state index contributed by atoms with van der Waals surface area (Å²) in [5, 5.41) is 6.19. The molecule has 1 saturated carbocycles. The van der Waals surface area contributed by atoms with E-state index in [1.807, 2.05) is 0 Å². The molecule has 6 nitrogen and oxygen atoms in total. The molecular weight excluding hydrogens is 379 g/mol. The molecule has 0 bridgehead atoms. The zero-order valence-electron chi connectivity index (χ0n) is 15.0. The minimum Gasteiger partial charge on any atom is -0.378 e. The zero-order chi connectivity index (χ0) is 19.3. The van der Waals surface area contributed by atoms with Crippen molar-refractivity contribution in [1.82, 2.24) is 15.3 Å². The zero-order valence-corrected chi connectivity index (χ0v) is 15.8. The first-order valence-electron chi connectivity index (χ1n) is 9.28. The molecule has 2 N–H and O–H groups in total. The van der Waals surface area contributed by atoms with Gasteiger partial charge in [0.05, 0.1) is 13.2 Å². The Labute approximate surface area is 161 Å². The minimum atomic E-state index is -4.56. The summed E-state index contributed by atoms with van der Waals surface area (Å²) in [6, 6.07) is 1.20. The fourth-order valence-electron chi connectivity index (χ4n) is 3.34. The summed E-state index contributed by atoms with van der Waals surface area (Å²) >= 11 is 5.28. The summed E-state index contributed by atoms with van der Waals surface area (Å²) in [7, 11) is 0. The standard InChI is InChI=1S/C17H24F3N5OS/c18-17(19,20)13-11-14(25-7-9-26-10-8-25)23-15(22-13)24-16(27)21-12-5-3-1-2-4-6-12/h11-12H,1-10H2,(H2,21,22,23,24,27). The van der Waals surface area contributed by atoms with Crippen LogP contribution in [0.15, 0.2) is 6.07 Å². The molecule has 0 radical (unpaired) electrons. The van der Waals surface area contributed by atoms with Gasteiger partial charge in [-0.1, -0.05) is 25.7 Å². The summed E-state index contributed by atoms with van der Waals surface area (Å²) in [6.45, 7) is 1.88. The highest BCUT2D eigenvalue weighted by Gasteiger charge is 2.34. The first kappa shape index (κ1) is 20.1. The average Bonchev–Trinajstić information content (AvgIpc) is 2.90. The molecular formula is C17H24F3N5OS. The molecule has 150 valence electrons. The molecule has 2 aliphatic rings. The van der Waals surface area contributed by atoms with Gasteiger partial charge < -0.3 is 20.3 Å². The number of aromatic nitrogens is 2. The van der Waals surface area contributed by atoms with Crippen molar-refractivity contribution in [3.63, 3.8) is 0 Å². The first-order chi connectivity index (χ1) is 12.9. The fraction of sp³-hybridized carbons (Fsp3) is 0.706. The Balaban J connectivity index is 1.73. The van der Waals surface area contributed by atoms with E-state index in [9.17, 15) is 13.2 Å². The highest BCUT2D eigenvalue weighted by atomic mass is 32.1. The lowest BCUT2D eigenvalue weighted by Gasteiger charge is -2.28. The van der Waals surface area contributed by atoms with E-state index >= 15 is 0 Å². The van der Waals surface area contributed by atoms with Crippen molar-refractivity contribution in [2.24, 2.45) is 0 Å². The number of hydrogen-bond acceptors (Lipinski definition) is 5. The van der Waals surface area contributed by atoms with Crippen LogP contribution in [0.2, 0.25) is 0 Å². The van der Waals surface area contributed by atoms with Crippen LogP contribution in [0.25, 0.3) is 0 Å². The molecule has 1 aromatic rings. The van der Waals surface area contributed by atoms with Crippen molar-refractivity contribution in [2.75, 3.05) is 36.5 Å². The summed E-state index contributed by atoms with van der Waals surface area (Å²) in [5.41, 5.74) is -0.987. The van der Waals surface area contributed by atoms with E-state index in [0.29, 0.717) is 26.3 Å². The van der Waals surface area contributed by atoms with E-state index in [4.69, 9.17) is 17.0 Å². The average molecular weight is 403 g/mol. The number of nitrogens with zero attached hydrogens (tertiary/aromatic N) is 3. The third-order valence-corrected chi connectivity index (χ3v) is 4.97. The van der Waals surface area contributed by atoms with Gasteiger partial charge in [0.25, 0.3) is 0 Å². The predicted octanol–water partition coefficient (Wildman–Crippen LogP) is 3.34. The SMILES string of the molecule is FC(F)(F)c1cc(N2CCOCC2)nc(NC(=S)NC2CCCCCC2)n1. The molecule has 0 atom stereocenters. The Hall–Kier alpha value is -1.68. The molecule has 0 spiro atoms. The summed E-state index contributed by atoms with van der Waals surface area (Å²) in [5.74, 6) is 0.0813. The third kappa shape index (κ3) is 5.90. The fourth-order valence-corrected chi connectivity index (χ4v) is 3.59. The molecule has 2 heterocycles. The summed E-state index contributed by atoms with van der Waals surface area (Å²) < 4.78 is 45.0. The molecule has 1 saturated heterocycles. The highest BCUT2D eigenvalue weighted by Crippen LogP contribution is 2.30. The quantitative estimate of drug-likeness (QED) is 0.593. The largest absolute Gasteiger partial charge is 0.433 e. The number of nitrogens with one attached hydrogen (secondary N) is 2. The second-order valence-corrected chi connectivity index (χ2v) is 7.23. The minimum absolute atomic E-state index is 0.141. The van der Waals surface area contributed by atoms with E-state index < -0.39 is 11.9 Å². The molecule has 3 rings (SSSR count). The lowest BCUT2D eigenvalue weighted by molar-refractivity contribution is -0.141. The number of alkyl halides is 3. The summed E-state index contributed by atoms with van der Waals surface area (Å²) in [4.78, 5) is 9.62. The van der Waals surface area contributed by atoms with Crippen LogP contribution in [0.3, 0.4) is 0 Å². The number of halogens is 3. The second-order valence-electron chi connectivity index (χ2n) is 6.82. The van der Waals surface area contributed by atoms with Crippen LogP contribution in [0.5, 0.6) is 0 Å². The van der Waals surface area contributed by atoms with Gasteiger partial charge in [-0.25, -0.2) is 4.98 Å². The van der Waals surface area contributed by atoms with Crippen molar-refractivity contribution in [3.05, 3.63) is 11.8 Å². The van der Waals surface area contributed by atoms with Crippen molar-refractivity contribution in [3.8, 4) is 0 Å². The molecule has 27 heavy (non-hydrogen) atoms. The normalized spacial score (nSPS) is 19.4. The maximum atomic E-state index is 13.3. The van der Waals surface area contributed by atoms with E-state index in [2.05, 4.69) is 20.6 Å². The van der Waals surface area contributed by atoms with Crippen molar-refractivity contribution < 1.29 is 17.9 Å². The van der Waals surface area contributed by atoms with Gasteiger partial charge in [-0.15, -0.1) is 0 Å². The number of anilines is 2. The Kier molecular flexibility index (Phi) is 6.69. The topological polar surface area (TPSA) is 62.3 Å². The van der Waals surface area contributed by atoms with Gasteiger partial charge in [0, 0.05) is 25.2 Å². The maximum Gasteiger partial charge on any atom is 0.433 e. The van der Waals surface area contributed by atoms with Gasteiger partial charge in [0.1, 0.15) is 5.82 Å². The summed E-state index contributed by atoms with van der Waals surface area (Å²) in [6.07, 6.45) is 2.12. The van der Waals surface area contributed by atoms with Crippen LogP contribution in [-0.4, -0.2) is 47.4 Å². The number of ether oxygens (including phenoxy) is 1. The molecule has 0 aromatic carbocycles. The van der Waals surface area contributed by atoms with Crippen molar-refractivity contribution in [1.29, 1.82) is 0 Å². The number of morpholine rings is 1. The Morgan fingerprint density at radius 1 is 1.11 bits per heavy atom. The van der Waals surface area contributed by atoms with Crippen LogP contribution >= 0.6 is 12.2 Å². The van der Waals surface area contributed by atoms with Gasteiger partial charge in [0.2, 0.25) is 5.95 Å². The molecule has 10 heteroatoms. The first-order valence-corrected chi connectivity index (χ1v) is 9.69. The van der Waals surface area contributed by atoms with Crippen LogP contribution in [0, 0.1) is 0 Å². The van der Waals surface area contributed by atoms with E-state index in [1.165, 1.54) is 12.8 Å². The van der Waals surface area contributed by atoms with Crippen LogP contribution < -0.4 is 15.5 Å². The Bertz CT molecular complexity index is 644. The van der Waals surface area contributed by atoms with Gasteiger partial charge >= 0.3 is 6.18 Å². The molecule has 0 unspecified atom stereocenters. The van der Waals surface area contributed by atoms with Gasteiger partial charge in [-0.05, 0) is 25.1 Å². The molecule has 1 aliphatic heterocycles. The van der Waals surface area contributed by atoms with Crippen molar-refractivity contribution in [2.45, 2.75) is 50.7 Å². The van der Waals surface area contributed by atoms with Gasteiger partial charge in [-0.2, -0.15) is 18.2 Å². The molecule has 2 fully saturated rings. The van der Waals surface area contributed by atoms with E-state index in [1.54, 1.807) is 4.90 Å². The Morgan fingerprint density at radius 2 is 1.78 bits per heavy atom. The third-order valence-electron chi connectivity index (χ3n) is 4.75. The van der Waals surface area contributed by atoms with E-state index in [0.717, 1.165) is 31.7 Å². The van der Waals surface area contributed by atoms with Gasteiger partial charge in [-0.3, -0.25) is 0 Å². The lowest BCUT2D eigenvalue weighted by Crippen LogP contribution is -2.39. The monoisotopic (exact) mass is 403 g/mol. The lowest BCUT2D eigenvalue weighted by atomic mass is 10.1. The molecule has 1 aromatic heterocycles. The number of thiocarbonyl (C=S) groups is 1. The van der Waals surface area contributed by atoms with Crippen LogP contribution in [-0.2, 0) is 10.9 Å². The smallest absolute Gasteiger partial charge is 0.378 e. The molecule has 0 amide bonds. The highest BCUT2D eigenvalue weighted by molar-refractivity contribution is 7.80. The second kappa shape index (κ2) is 9.01. The maximum absolute atomic E-state index is 13.3. The van der Waals surface area contributed by atoms with E-state index in [-0.39, 0.29) is 22.9 Å². The van der Waals surface area contributed by atoms with Crippen LogP contribution in [0.1, 0.15) is 44.2 Å². The number of rotatable bonds is 3. The predicted molar refractivity (Wildman–Crippen MR) is 101 cm³/mol. The van der Waals surface area contributed by atoms with Crippen LogP contribution in [0.4, 0.5) is 24.9 Å². The molecule has 1 aliphatic carbocycles. The Morgan fingerprint density at radius 3 is 2.41 bits per heavy atom. The number of hydrogen-bond donors (Lipinski definition) is 2.